The van der Waals surface area contributed by atoms with Crippen LogP contribution in [0.5, 0.6) is 0 Å². The molecule has 1 rings (SSSR count). The summed E-state index contributed by atoms with van der Waals surface area (Å²) in [5.74, 6) is 0.155. The van der Waals surface area contributed by atoms with Gasteiger partial charge in [-0.2, -0.15) is 0 Å². The highest BCUT2D eigenvalue weighted by atomic mass is 79.9. The van der Waals surface area contributed by atoms with E-state index in [1.165, 1.54) is 5.56 Å². The normalized spacial score (nSPS) is 13.7. The van der Waals surface area contributed by atoms with Crippen molar-refractivity contribution in [3.63, 3.8) is 0 Å². The number of aryl methyl sites for hydroxylation is 1. The highest BCUT2D eigenvalue weighted by Crippen LogP contribution is 2.23. The van der Waals surface area contributed by atoms with Gasteiger partial charge in [0.25, 0.3) is 0 Å². The van der Waals surface area contributed by atoms with Crippen molar-refractivity contribution >= 4 is 27.5 Å². The van der Waals surface area contributed by atoms with Gasteiger partial charge in [0.1, 0.15) is 0 Å². The van der Waals surface area contributed by atoms with Gasteiger partial charge in [-0.05, 0) is 47.5 Å². The molecule has 0 bridgehead atoms. The summed E-state index contributed by atoms with van der Waals surface area (Å²) >= 11 is 3.44. The number of hydrogen-bond acceptors (Lipinski definition) is 3. The SMILES string of the molecule is Cc1ccc(NC(C)C(N)=NO)c(Br)c1. The number of benzene rings is 1. The molecule has 1 aromatic rings. The number of nitrogens with zero attached hydrogens (tertiary/aromatic N) is 1. The summed E-state index contributed by atoms with van der Waals surface area (Å²) in [5.41, 5.74) is 7.55. The summed E-state index contributed by atoms with van der Waals surface area (Å²) in [6, 6.07) is 5.72. The average molecular weight is 272 g/mol. The van der Waals surface area contributed by atoms with Crippen LogP contribution in [0.25, 0.3) is 0 Å². The molecule has 4 N–H and O–H groups in total. The Morgan fingerprint density at radius 1 is 1.60 bits per heavy atom. The number of nitrogens with two attached hydrogens (primary N) is 1. The summed E-state index contributed by atoms with van der Waals surface area (Å²) in [4.78, 5) is 0. The maximum atomic E-state index is 8.51. The van der Waals surface area contributed by atoms with E-state index in [-0.39, 0.29) is 11.9 Å². The van der Waals surface area contributed by atoms with Crippen molar-refractivity contribution in [3.05, 3.63) is 28.2 Å². The van der Waals surface area contributed by atoms with Gasteiger partial charge in [-0.15, -0.1) is 0 Å². The molecule has 15 heavy (non-hydrogen) atoms. The van der Waals surface area contributed by atoms with Crippen LogP contribution in [0.3, 0.4) is 0 Å². The summed E-state index contributed by atoms with van der Waals surface area (Å²) in [6.45, 7) is 3.84. The van der Waals surface area contributed by atoms with Crippen LogP contribution in [-0.4, -0.2) is 17.1 Å². The van der Waals surface area contributed by atoms with Gasteiger partial charge in [0.05, 0.1) is 6.04 Å². The zero-order chi connectivity index (χ0) is 11.4. The number of halogens is 1. The van der Waals surface area contributed by atoms with Crippen molar-refractivity contribution in [2.45, 2.75) is 19.9 Å². The predicted molar refractivity (Wildman–Crippen MR) is 65.4 cm³/mol. The fraction of sp³-hybridized carbons (Fsp3) is 0.300. The third-order valence-electron chi connectivity index (χ3n) is 2.06. The average Bonchev–Trinajstić information content (AvgIpc) is 2.20. The van der Waals surface area contributed by atoms with Crippen molar-refractivity contribution in [1.82, 2.24) is 0 Å². The van der Waals surface area contributed by atoms with Gasteiger partial charge >= 0.3 is 0 Å². The Bertz CT molecular complexity index is 379. The topological polar surface area (TPSA) is 70.6 Å². The molecule has 1 aromatic carbocycles. The van der Waals surface area contributed by atoms with Crippen LogP contribution in [0.2, 0.25) is 0 Å². The third-order valence-corrected chi connectivity index (χ3v) is 2.71. The molecule has 0 spiro atoms. The second kappa shape index (κ2) is 5.02. The molecule has 0 aromatic heterocycles. The molecule has 0 saturated carbocycles. The van der Waals surface area contributed by atoms with Gasteiger partial charge in [-0.1, -0.05) is 11.2 Å². The van der Waals surface area contributed by atoms with Crippen molar-refractivity contribution in [1.29, 1.82) is 0 Å². The minimum Gasteiger partial charge on any atom is -0.409 e. The second-order valence-electron chi connectivity index (χ2n) is 3.37. The Morgan fingerprint density at radius 3 is 2.80 bits per heavy atom. The lowest BCUT2D eigenvalue weighted by Gasteiger charge is -2.15. The van der Waals surface area contributed by atoms with E-state index >= 15 is 0 Å². The van der Waals surface area contributed by atoms with Crippen LogP contribution in [0, 0.1) is 6.92 Å². The van der Waals surface area contributed by atoms with Crippen molar-refractivity contribution in [2.24, 2.45) is 10.9 Å². The number of amidine groups is 1. The molecule has 0 aliphatic carbocycles. The molecule has 0 aliphatic heterocycles. The van der Waals surface area contributed by atoms with Gasteiger partial charge in [-0.25, -0.2) is 0 Å². The molecule has 5 heteroatoms. The van der Waals surface area contributed by atoms with E-state index in [1.54, 1.807) is 0 Å². The zero-order valence-corrected chi connectivity index (χ0v) is 10.2. The van der Waals surface area contributed by atoms with Gasteiger partial charge < -0.3 is 16.3 Å². The van der Waals surface area contributed by atoms with E-state index in [9.17, 15) is 0 Å². The van der Waals surface area contributed by atoms with Crippen molar-refractivity contribution in [3.8, 4) is 0 Å². The van der Waals surface area contributed by atoms with Crippen LogP contribution in [0.1, 0.15) is 12.5 Å². The molecule has 0 amide bonds. The number of oxime groups is 1. The molecule has 0 radical (unpaired) electrons. The molecular weight excluding hydrogens is 258 g/mol. The van der Waals surface area contributed by atoms with Gasteiger partial charge in [0.15, 0.2) is 5.84 Å². The maximum absolute atomic E-state index is 8.51. The summed E-state index contributed by atoms with van der Waals surface area (Å²) < 4.78 is 0.958. The number of hydrogen-bond donors (Lipinski definition) is 3. The number of rotatable bonds is 3. The minimum absolute atomic E-state index is 0.155. The van der Waals surface area contributed by atoms with E-state index in [0.717, 1.165) is 10.2 Å². The Balaban J connectivity index is 2.81. The highest BCUT2D eigenvalue weighted by Gasteiger charge is 2.08. The first-order valence-corrected chi connectivity index (χ1v) is 5.34. The lowest BCUT2D eigenvalue weighted by molar-refractivity contribution is 0.316. The molecule has 0 saturated heterocycles. The highest BCUT2D eigenvalue weighted by molar-refractivity contribution is 9.10. The first-order valence-electron chi connectivity index (χ1n) is 4.54. The number of nitrogens with one attached hydrogen (secondary N) is 1. The Hall–Kier alpha value is -1.23. The third kappa shape index (κ3) is 3.13. The molecule has 0 fully saturated rings. The molecule has 1 atom stereocenters. The largest absolute Gasteiger partial charge is 0.409 e. The van der Waals surface area contributed by atoms with Crippen molar-refractivity contribution in [2.75, 3.05) is 5.32 Å². The van der Waals surface area contributed by atoms with Crippen LogP contribution in [0.4, 0.5) is 5.69 Å². The number of anilines is 1. The van der Waals surface area contributed by atoms with E-state index in [2.05, 4.69) is 26.4 Å². The maximum Gasteiger partial charge on any atom is 0.161 e. The van der Waals surface area contributed by atoms with E-state index in [1.807, 2.05) is 32.0 Å². The lowest BCUT2D eigenvalue weighted by atomic mass is 10.2. The standard InChI is InChI=1S/C10H14BrN3O/c1-6-3-4-9(8(11)5-6)13-7(2)10(12)14-15/h3-5,7,13,15H,1-2H3,(H2,12,14). The Labute approximate surface area is 97.3 Å². The van der Waals surface area contributed by atoms with Crippen molar-refractivity contribution < 1.29 is 5.21 Å². The molecule has 0 aliphatic rings. The van der Waals surface area contributed by atoms with Crippen LogP contribution >= 0.6 is 15.9 Å². The molecule has 82 valence electrons. The van der Waals surface area contributed by atoms with Gasteiger partial charge in [-0.3, -0.25) is 0 Å². The lowest BCUT2D eigenvalue weighted by Crippen LogP contribution is -2.32. The zero-order valence-electron chi connectivity index (χ0n) is 8.66. The second-order valence-corrected chi connectivity index (χ2v) is 4.23. The molecular formula is C10H14BrN3O. The molecule has 4 nitrogen and oxygen atoms in total. The van der Waals surface area contributed by atoms with Gasteiger partial charge in [0.2, 0.25) is 0 Å². The summed E-state index contributed by atoms with van der Waals surface area (Å²) in [6.07, 6.45) is 0. The Morgan fingerprint density at radius 2 is 2.27 bits per heavy atom. The molecule has 0 heterocycles. The molecule has 1 unspecified atom stereocenters. The first-order chi connectivity index (χ1) is 7.04. The summed E-state index contributed by atoms with van der Waals surface area (Å²) in [7, 11) is 0. The monoisotopic (exact) mass is 271 g/mol. The quantitative estimate of drug-likeness (QED) is 0.342. The van der Waals surface area contributed by atoms with Crippen LogP contribution in [0.15, 0.2) is 27.8 Å². The summed E-state index contributed by atoms with van der Waals surface area (Å²) in [5, 5.41) is 14.6. The van der Waals surface area contributed by atoms with Crippen LogP contribution < -0.4 is 11.1 Å². The van der Waals surface area contributed by atoms with E-state index in [0.29, 0.717) is 0 Å². The minimum atomic E-state index is -0.214. The van der Waals surface area contributed by atoms with Crippen LogP contribution in [-0.2, 0) is 0 Å². The Kier molecular flexibility index (Phi) is 3.96. The fourth-order valence-electron chi connectivity index (χ4n) is 1.13. The fourth-order valence-corrected chi connectivity index (χ4v) is 1.74. The predicted octanol–water partition coefficient (Wildman–Crippen LogP) is 2.30. The van der Waals surface area contributed by atoms with E-state index in [4.69, 9.17) is 10.9 Å². The van der Waals surface area contributed by atoms with Gasteiger partial charge in [0, 0.05) is 10.2 Å². The first kappa shape index (κ1) is 11.8. The smallest absolute Gasteiger partial charge is 0.161 e. The van der Waals surface area contributed by atoms with E-state index < -0.39 is 0 Å².